The second kappa shape index (κ2) is 17.1. The van der Waals surface area contributed by atoms with E-state index in [4.69, 9.17) is 18.9 Å². The van der Waals surface area contributed by atoms with Crippen LogP contribution in [0.4, 0.5) is 5.69 Å². The summed E-state index contributed by atoms with van der Waals surface area (Å²) in [6.07, 6.45) is 4.19. The number of phenolic OH excluding ortho intramolecular Hbond substituents is 3. The van der Waals surface area contributed by atoms with Crippen molar-refractivity contribution in [2.24, 2.45) is 28.8 Å². The van der Waals surface area contributed by atoms with Gasteiger partial charge in [-0.2, -0.15) is 5.10 Å². The topological polar surface area (TPSA) is 243 Å². The first-order chi connectivity index (χ1) is 26.2. The first-order valence-electron chi connectivity index (χ1n) is 18.1. The van der Waals surface area contributed by atoms with Gasteiger partial charge in [-0.05, 0) is 19.9 Å². The Labute approximate surface area is 324 Å². The van der Waals surface area contributed by atoms with Crippen LogP contribution in [-0.4, -0.2) is 92.6 Å². The van der Waals surface area contributed by atoms with Gasteiger partial charge in [-0.15, -0.1) is 0 Å². The molecule has 2 aromatic rings. The number of hydrogen-bond acceptors (Lipinski definition) is 14. The van der Waals surface area contributed by atoms with Crippen molar-refractivity contribution >= 4 is 46.2 Å². The predicted octanol–water partition coefficient (Wildman–Crippen LogP) is 4.22. The number of anilines is 1. The number of aromatic hydroxyl groups is 3. The van der Waals surface area contributed by atoms with Crippen LogP contribution in [-0.2, 0) is 28.6 Å². The number of aliphatic hydroxyl groups excluding tert-OH is 2. The molecule has 3 aliphatic heterocycles. The number of aliphatic hydroxyl groups is 2. The molecule has 0 aliphatic carbocycles. The number of esters is 1. The van der Waals surface area contributed by atoms with E-state index in [0.717, 1.165) is 12.5 Å². The van der Waals surface area contributed by atoms with Gasteiger partial charge >= 0.3 is 11.8 Å². The fourth-order valence-corrected chi connectivity index (χ4v) is 7.06. The van der Waals surface area contributed by atoms with E-state index >= 15 is 0 Å². The summed E-state index contributed by atoms with van der Waals surface area (Å²) in [6, 6.07) is 0. The van der Waals surface area contributed by atoms with Crippen LogP contribution >= 0.6 is 0 Å². The van der Waals surface area contributed by atoms with Gasteiger partial charge in [-0.25, -0.2) is 5.43 Å². The predicted molar refractivity (Wildman–Crippen MR) is 205 cm³/mol. The van der Waals surface area contributed by atoms with Gasteiger partial charge in [-0.3, -0.25) is 19.2 Å². The van der Waals surface area contributed by atoms with E-state index < -0.39 is 106 Å². The molecule has 16 heteroatoms. The highest BCUT2D eigenvalue weighted by molar-refractivity contribution is 6.23. The summed E-state index contributed by atoms with van der Waals surface area (Å²) in [5.41, 5.74) is 1.28. The first-order valence-corrected chi connectivity index (χ1v) is 18.1. The number of allylic oxidation sites excluding steroid dienone is 2. The molecule has 304 valence electrons. The minimum absolute atomic E-state index is 0.00113. The number of benzene rings is 2. The molecule has 0 aromatic heterocycles. The number of ketones is 1. The maximum atomic E-state index is 14.2. The zero-order valence-electron chi connectivity index (χ0n) is 33.0. The number of hydrazone groups is 1. The van der Waals surface area contributed by atoms with Gasteiger partial charge in [0.25, 0.3) is 11.7 Å². The minimum atomic E-state index is -2.09. The number of ether oxygens (including phenoxy) is 4. The largest absolute Gasteiger partial charge is 0.507 e. The molecule has 3 aliphatic rings. The van der Waals surface area contributed by atoms with Crippen molar-refractivity contribution in [1.29, 1.82) is 0 Å². The number of nitrogens with one attached hydrogen (secondary N) is 2. The molecule has 56 heavy (non-hydrogen) atoms. The Hall–Kier alpha value is -5.45. The summed E-state index contributed by atoms with van der Waals surface area (Å²) in [5.74, 6) is -9.60. The summed E-state index contributed by atoms with van der Waals surface area (Å²) in [4.78, 5) is 51.7. The molecule has 0 radical (unpaired) electrons. The van der Waals surface area contributed by atoms with E-state index in [2.05, 4.69) is 15.8 Å². The smallest absolute Gasteiger partial charge is 0.312 e. The zero-order chi connectivity index (χ0) is 42.0. The Bertz CT molecular complexity index is 2020. The van der Waals surface area contributed by atoms with Crippen LogP contribution in [0.15, 0.2) is 41.2 Å². The molecule has 0 fully saturated rings. The van der Waals surface area contributed by atoms with Crippen molar-refractivity contribution in [2.75, 3.05) is 12.4 Å². The lowest BCUT2D eigenvalue weighted by atomic mass is 9.78. The number of Topliss-reactive ketones (excluding diaryl/α,β-unsaturated/α-hetero) is 1. The van der Waals surface area contributed by atoms with Crippen molar-refractivity contribution in [3.05, 3.63) is 52.8 Å². The SMILES string of the molecule is COC1/C=C\OC2(C)Oc3c(C)c(O)c4c(O)c(c(/C=N\NC(C)=O)c(O)c4c3C2=O)NC(=O)/C(C)=C\C=C/C(C)C(O)C(C)C(O)C(C)C(OC(C)=O)C1C. The third-order valence-electron chi connectivity index (χ3n) is 10.4. The third-order valence-corrected chi connectivity index (χ3v) is 10.4. The summed E-state index contributed by atoms with van der Waals surface area (Å²) in [5, 5.41) is 63.2. The number of nitrogens with zero attached hydrogens (tertiary/aromatic N) is 1. The summed E-state index contributed by atoms with van der Waals surface area (Å²) < 4.78 is 23.3. The number of methoxy groups -OCH3 is 1. The lowest BCUT2D eigenvalue weighted by Gasteiger charge is -2.38. The van der Waals surface area contributed by atoms with E-state index in [0.29, 0.717) is 0 Å². The highest BCUT2D eigenvalue weighted by Crippen LogP contribution is 2.55. The van der Waals surface area contributed by atoms with E-state index in [1.165, 1.54) is 60.0 Å². The van der Waals surface area contributed by atoms with Crippen LogP contribution in [0, 0.1) is 30.6 Å². The van der Waals surface area contributed by atoms with Crippen molar-refractivity contribution < 1.29 is 63.7 Å². The molecule has 16 nitrogen and oxygen atoms in total. The van der Waals surface area contributed by atoms with E-state index in [9.17, 15) is 44.7 Å². The van der Waals surface area contributed by atoms with Crippen LogP contribution in [0.1, 0.15) is 76.9 Å². The molecule has 0 saturated carbocycles. The minimum Gasteiger partial charge on any atom is -0.507 e. The normalized spacial score (nSPS) is 31.0. The van der Waals surface area contributed by atoms with Crippen LogP contribution in [0.5, 0.6) is 23.0 Å². The number of hydrogen-bond donors (Lipinski definition) is 7. The van der Waals surface area contributed by atoms with Crippen LogP contribution in [0.2, 0.25) is 0 Å². The highest BCUT2D eigenvalue weighted by Gasteiger charge is 2.50. The summed E-state index contributed by atoms with van der Waals surface area (Å²) in [7, 11) is 1.41. The van der Waals surface area contributed by atoms with Gasteiger partial charge in [0, 0.05) is 68.1 Å². The van der Waals surface area contributed by atoms with Crippen molar-refractivity contribution in [3.8, 4) is 23.0 Å². The molecule has 2 aromatic carbocycles. The summed E-state index contributed by atoms with van der Waals surface area (Å²) >= 11 is 0. The van der Waals surface area contributed by atoms with Crippen LogP contribution in [0.3, 0.4) is 0 Å². The molecule has 0 spiro atoms. The fraction of sp³-hybridized carbons (Fsp3) is 0.475. The highest BCUT2D eigenvalue weighted by atomic mass is 16.7. The monoisotopic (exact) mass is 781 g/mol. The number of amides is 2. The van der Waals surface area contributed by atoms with E-state index in [-0.39, 0.29) is 33.4 Å². The first kappa shape index (κ1) is 43.3. The molecule has 5 rings (SSSR count). The zero-order valence-corrected chi connectivity index (χ0v) is 33.0. The maximum Gasteiger partial charge on any atom is 0.312 e. The Balaban J connectivity index is 1.98. The van der Waals surface area contributed by atoms with E-state index in [1.807, 2.05) is 0 Å². The maximum absolute atomic E-state index is 14.2. The molecule has 2 amide bonds. The lowest BCUT2D eigenvalue weighted by Crippen LogP contribution is -2.46. The Morgan fingerprint density at radius 1 is 0.946 bits per heavy atom. The second-order valence-electron chi connectivity index (χ2n) is 14.5. The number of rotatable bonds is 4. The number of phenols is 3. The molecular formula is C40H51N3O13. The average Bonchev–Trinajstić information content (AvgIpc) is 3.41. The molecule has 0 saturated heterocycles. The standard InChI is InChI=1S/C40H51N3O13/c1-17-12-11-13-18(2)39(52)42-30-25(16-41-43-23(7)44)34(49)27-28(35(30)50)33(48)22(6)37-29(27)38(51)40(9,56-37)54-15-14-26(53-10)19(3)36(55-24(8)45)21(5)32(47)20(4)31(17)46/h11-17,19-21,26,31-32,36,46-50H,1-10H3,(H,42,52)(H,43,44)/b12-11-,15-14-,18-13-,41-16-. The van der Waals surface area contributed by atoms with Gasteiger partial charge in [-0.1, -0.05) is 45.9 Å². The molecule has 3 heterocycles. The molecular weight excluding hydrogens is 730 g/mol. The number of carbonyl (C=O) groups is 4. The second-order valence-corrected chi connectivity index (χ2v) is 14.5. The van der Waals surface area contributed by atoms with Gasteiger partial charge in [0.05, 0.1) is 53.0 Å². The fourth-order valence-electron chi connectivity index (χ4n) is 7.06. The van der Waals surface area contributed by atoms with Gasteiger partial charge in [0.15, 0.2) is 5.75 Å². The molecule has 9 atom stereocenters. The van der Waals surface area contributed by atoms with Crippen molar-refractivity contribution in [2.45, 2.75) is 92.5 Å². The van der Waals surface area contributed by atoms with Crippen molar-refractivity contribution in [1.82, 2.24) is 5.43 Å². The lowest BCUT2D eigenvalue weighted by molar-refractivity contribution is -0.160. The Morgan fingerprint density at radius 2 is 1.61 bits per heavy atom. The van der Waals surface area contributed by atoms with Crippen LogP contribution < -0.4 is 15.5 Å². The Morgan fingerprint density at radius 3 is 2.21 bits per heavy atom. The van der Waals surface area contributed by atoms with Gasteiger partial charge in [0.2, 0.25) is 5.91 Å². The number of fused-ring (bicyclic) bond motifs is 14. The molecule has 7 N–H and O–H groups in total. The van der Waals surface area contributed by atoms with Crippen LogP contribution in [0.25, 0.3) is 10.8 Å². The molecule has 9 unspecified atom stereocenters. The summed E-state index contributed by atoms with van der Waals surface area (Å²) in [6.45, 7) is 13.4. The molecule has 5 bridgehead atoms. The third kappa shape index (κ3) is 8.37. The number of carbonyl (C=O) groups excluding carboxylic acids is 4. The quantitative estimate of drug-likeness (QED) is 0.0757. The van der Waals surface area contributed by atoms with E-state index in [1.54, 1.807) is 33.8 Å². The average molecular weight is 782 g/mol. The van der Waals surface area contributed by atoms with Gasteiger partial charge in [0.1, 0.15) is 23.4 Å². The Kier molecular flexibility index (Phi) is 13.2. The van der Waals surface area contributed by atoms with Crippen molar-refractivity contribution in [3.63, 3.8) is 0 Å². The van der Waals surface area contributed by atoms with Gasteiger partial charge < -0.3 is 49.8 Å².